The van der Waals surface area contributed by atoms with Gasteiger partial charge in [0.05, 0.1) is 4.90 Å². The maximum atomic E-state index is 12.9. The number of benzene rings is 1. The molecular weight excluding hydrogens is 385 g/mol. The van der Waals surface area contributed by atoms with Gasteiger partial charge in [0.1, 0.15) is 18.4 Å². The minimum absolute atomic E-state index is 0.00625. The fourth-order valence-corrected chi connectivity index (χ4v) is 3.07. The summed E-state index contributed by atoms with van der Waals surface area (Å²) >= 11 is -0.369. The Kier molecular flexibility index (Phi) is 6.77. The van der Waals surface area contributed by atoms with Crippen LogP contribution in [0.1, 0.15) is 30.6 Å². The zero-order valence-electron chi connectivity index (χ0n) is 14.7. The van der Waals surface area contributed by atoms with Crippen LogP contribution in [0.25, 0.3) is 0 Å². The molecule has 0 saturated carbocycles. The van der Waals surface area contributed by atoms with Crippen molar-refractivity contribution in [1.29, 1.82) is 0 Å². The largest absolute Gasteiger partial charge is 0.488 e. The summed E-state index contributed by atoms with van der Waals surface area (Å²) in [5.74, 6) is -1.31. The molecule has 0 aliphatic carbocycles. The average molecular weight is 404 g/mol. The highest BCUT2D eigenvalue weighted by Crippen LogP contribution is 2.42. The number of likely N-dealkylation sites (tertiary alicyclic amines) is 1. The number of allylic oxidation sites excluding steroid dienone is 1. The van der Waals surface area contributed by atoms with E-state index >= 15 is 0 Å². The van der Waals surface area contributed by atoms with Crippen LogP contribution in [-0.4, -0.2) is 46.6 Å². The van der Waals surface area contributed by atoms with Gasteiger partial charge in [-0.05, 0) is 56.3 Å². The van der Waals surface area contributed by atoms with Crippen LogP contribution in [0.2, 0.25) is 0 Å². The number of hydroxylamine groups is 1. The van der Waals surface area contributed by atoms with Gasteiger partial charge >= 0.3 is 5.51 Å². The van der Waals surface area contributed by atoms with E-state index in [1.807, 2.05) is 13.8 Å². The van der Waals surface area contributed by atoms with Crippen LogP contribution in [-0.2, 0) is 4.79 Å². The van der Waals surface area contributed by atoms with Gasteiger partial charge in [-0.3, -0.25) is 14.8 Å². The van der Waals surface area contributed by atoms with Crippen LogP contribution >= 0.6 is 11.8 Å². The SMILES string of the molecule is CC(C)=CCOc1ccc(C(=O)N2CC[C@@H]2C(=O)NO)cc1SC(F)(F)F. The number of thioether (sulfide) groups is 1. The number of ether oxygens (including phenoxy) is 1. The van der Waals surface area contributed by atoms with Crippen LogP contribution in [0, 0.1) is 0 Å². The fraction of sp³-hybridized carbons (Fsp3) is 0.412. The Bertz CT molecular complexity index is 748. The van der Waals surface area contributed by atoms with Crippen LogP contribution in [0.4, 0.5) is 13.2 Å². The highest BCUT2D eigenvalue weighted by molar-refractivity contribution is 8.00. The Morgan fingerprint density at radius 3 is 2.63 bits per heavy atom. The number of nitrogens with one attached hydrogen (secondary N) is 1. The molecule has 2 amide bonds. The number of halogens is 3. The number of amides is 2. The standard InChI is InChI=1S/C17H19F3N2O4S/c1-10(2)6-8-26-13-4-3-11(9-14(13)27-17(18,19)20)16(24)22-7-5-12(22)15(23)21-25/h3-4,6,9,12,25H,5,7-8H2,1-2H3,(H,21,23)/t12-/m1/s1. The van der Waals surface area contributed by atoms with Crippen molar-refractivity contribution in [3.63, 3.8) is 0 Å². The lowest BCUT2D eigenvalue weighted by molar-refractivity contribution is -0.137. The number of carbonyl (C=O) groups is 2. The lowest BCUT2D eigenvalue weighted by Crippen LogP contribution is -2.57. The van der Waals surface area contributed by atoms with E-state index in [1.165, 1.54) is 22.5 Å². The summed E-state index contributed by atoms with van der Waals surface area (Å²) in [5, 5.41) is 8.68. The highest BCUT2D eigenvalue weighted by atomic mass is 32.2. The first kappa shape index (κ1) is 21.1. The Labute approximate surface area is 158 Å². The summed E-state index contributed by atoms with van der Waals surface area (Å²) in [4.78, 5) is 25.0. The number of rotatable bonds is 6. The molecule has 2 rings (SSSR count). The van der Waals surface area contributed by atoms with Gasteiger partial charge in [-0.2, -0.15) is 13.2 Å². The van der Waals surface area contributed by atoms with E-state index in [0.29, 0.717) is 6.42 Å². The molecule has 0 spiro atoms. The smallest absolute Gasteiger partial charge is 0.446 e. The van der Waals surface area contributed by atoms with Crippen molar-refractivity contribution in [3.05, 3.63) is 35.4 Å². The summed E-state index contributed by atoms with van der Waals surface area (Å²) in [6.07, 6.45) is 2.09. The average Bonchev–Trinajstić information content (AvgIpc) is 2.53. The summed E-state index contributed by atoms with van der Waals surface area (Å²) < 4.78 is 44.0. The summed E-state index contributed by atoms with van der Waals surface area (Å²) in [6, 6.07) is 2.92. The van der Waals surface area contributed by atoms with Gasteiger partial charge in [-0.15, -0.1) is 0 Å². The molecule has 0 bridgehead atoms. The van der Waals surface area contributed by atoms with Crippen molar-refractivity contribution >= 4 is 23.6 Å². The van der Waals surface area contributed by atoms with E-state index in [-0.39, 0.29) is 41.1 Å². The molecule has 0 unspecified atom stereocenters. The minimum atomic E-state index is -4.55. The molecule has 1 heterocycles. The van der Waals surface area contributed by atoms with Gasteiger partial charge in [-0.1, -0.05) is 5.57 Å². The number of alkyl halides is 3. The molecule has 27 heavy (non-hydrogen) atoms. The molecule has 10 heteroatoms. The highest BCUT2D eigenvalue weighted by Gasteiger charge is 2.38. The second kappa shape index (κ2) is 8.66. The molecule has 0 radical (unpaired) electrons. The molecule has 1 aromatic carbocycles. The summed E-state index contributed by atoms with van der Waals surface area (Å²) in [5.41, 5.74) is -2.11. The summed E-state index contributed by atoms with van der Waals surface area (Å²) in [7, 11) is 0. The number of nitrogens with zero attached hydrogens (tertiary/aromatic N) is 1. The van der Waals surface area contributed by atoms with Crippen LogP contribution in [0.15, 0.2) is 34.7 Å². The fourth-order valence-electron chi connectivity index (χ4n) is 2.41. The lowest BCUT2D eigenvalue weighted by atomic mass is 10.0. The first-order chi connectivity index (χ1) is 12.6. The molecule has 0 aromatic heterocycles. The van der Waals surface area contributed by atoms with Crippen molar-refractivity contribution in [3.8, 4) is 5.75 Å². The topological polar surface area (TPSA) is 78.9 Å². The molecular formula is C17H19F3N2O4S. The van der Waals surface area contributed by atoms with E-state index in [2.05, 4.69) is 0 Å². The maximum absolute atomic E-state index is 12.9. The Hall–Kier alpha value is -2.20. The normalized spacial score (nSPS) is 16.4. The Morgan fingerprint density at radius 1 is 1.41 bits per heavy atom. The quantitative estimate of drug-likeness (QED) is 0.329. The van der Waals surface area contributed by atoms with Gasteiger partial charge in [0.2, 0.25) is 0 Å². The lowest BCUT2D eigenvalue weighted by Gasteiger charge is -2.39. The van der Waals surface area contributed by atoms with Crippen LogP contribution < -0.4 is 10.2 Å². The van der Waals surface area contributed by atoms with Crippen LogP contribution in [0.3, 0.4) is 0 Å². The first-order valence-electron chi connectivity index (χ1n) is 8.03. The first-order valence-corrected chi connectivity index (χ1v) is 8.85. The molecule has 1 saturated heterocycles. The van der Waals surface area contributed by atoms with Crippen molar-refractivity contribution in [1.82, 2.24) is 10.4 Å². The maximum Gasteiger partial charge on any atom is 0.446 e. The second-order valence-electron chi connectivity index (χ2n) is 6.08. The molecule has 1 fully saturated rings. The Morgan fingerprint density at radius 2 is 2.11 bits per heavy atom. The molecule has 1 aliphatic rings. The third kappa shape index (κ3) is 5.64. The van der Waals surface area contributed by atoms with Gasteiger partial charge in [0.15, 0.2) is 0 Å². The second-order valence-corrected chi connectivity index (χ2v) is 7.19. The molecule has 148 valence electrons. The Balaban J connectivity index is 2.24. The molecule has 1 aliphatic heterocycles. The molecule has 1 atom stereocenters. The van der Waals surface area contributed by atoms with Crippen molar-refractivity contribution in [2.75, 3.05) is 13.2 Å². The van der Waals surface area contributed by atoms with Gasteiger partial charge in [0.25, 0.3) is 11.8 Å². The van der Waals surface area contributed by atoms with Gasteiger partial charge in [-0.25, -0.2) is 5.48 Å². The molecule has 1 aromatic rings. The van der Waals surface area contributed by atoms with E-state index in [9.17, 15) is 22.8 Å². The van der Waals surface area contributed by atoms with Crippen molar-refractivity contribution in [2.24, 2.45) is 0 Å². The molecule has 2 N–H and O–H groups in total. The van der Waals surface area contributed by atoms with E-state index in [1.54, 1.807) is 6.08 Å². The predicted octanol–water partition coefficient (Wildman–Crippen LogP) is 3.36. The van der Waals surface area contributed by atoms with E-state index < -0.39 is 23.4 Å². The van der Waals surface area contributed by atoms with Crippen molar-refractivity contribution < 1.29 is 32.7 Å². The summed E-state index contributed by atoms with van der Waals surface area (Å²) in [6.45, 7) is 4.05. The van der Waals surface area contributed by atoms with E-state index in [4.69, 9.17) is 9.94 Å². The van der Waals surface area contributed by atoms with E-state index in [0.717, 1.165) is 11.6 Å². The predicted molar refractivity (Wildman–Crippen MR) is 92.7 cm³/mol. The third-order valence-electron chi connectivity index (χ3n) is 3.84. The zero-order chi connectivity index (χ0) is 20.2. The molecule has 6 nitrogen and oxygen atoms in total. The van der Waals surface area contributed by atoms with Crippen LogP contribution in [0.5, 0.6) is 5.75 Å². The van der Waals surface area contributed by atoms with Gasteiger partial charge in [0, 0.05) is 12.1 Å². The number of hydrogen-bond donors (Lipinski definition) is 2. The monoisotopic (exact) mass is 404 g/mol. The minimum Gasteiger partial charge on any atom is -0.488 e. The zero-order valence-corrected chi connectivity index (χ0v) is 15.5. The number of hydrogen-bond acceptors (Lipinski definition) is 5. The van der Waals surface area contributed by atoms with Crippen molar-refractivity contribution in [2.45, 2.75) is 36.7 Å². The number of carbonyl (C=O) groups excluding carboxylic acids is 2. The van der Waals surface area contributed by atoms with Gasteiger partial charge < -0.3 is 9.64 Å². The third-order valence-corrected chi connectivity index (χ3v) is 4.61.